The van der Waals surface area contributed by atoms with E-state index in [1.807, 2.05) is 12.1 Å². The molecule has 0 aromatic heterocycles. The Balaban J connectivity index is 1.89. The van der Waals surface area contributed by atoms with Gasteiger partial charge in [0.2, 0.25) is 0 Å². The first-order chi connectivity index (χ1) is 11.6. The molecule has 130 valence electrons. The van der Waals surface area contributed by atoms with Gasteiger partial charge in [-0.05, 0) is 35.6 Å². The van der Waals surface area contributed by atoms with Crippen molar-refractivity contribution in [1.29, 1.82) is 0 Å². The van der Waals surface area contributed by atoms with Crippen LogP contribution in [0.4, 0.5) is 0 Å². The van der Waals surface area contributed by atoms with E-state index in [2.05, 4.69) is 61.9 Å². The van der Waals surface area contributed by atoms with Crippen LogP contribution in [0.5, 0.6) is 0 Å². The molecule has 0 saturated heterocycles. The van der Waals surface area contributed by atoms with E-state index in [0.717, 1.165) is 11.4 Å². The summed E-state index contributed by atoms with van der Waals surface area (Å²) < 4.78 is 0. The molecule has 2 nitrogen and oxygen atoms in total. The molecule has 0 aliphatic carbocycles. The number of nitrogens with one attached hydrogen (secondary N) is 1. The lowest BCUT2D eigenvalue weighted by Crippen LogP contribution is -3.06. The van der Waals surface area contributed by atoms with Gasteiger partial charge in [0.05, 0.1) is 33.7 Å². The van der Waals surface area contributed by atoms with Crippen molar-refractivity contribution in [2.75, 3.05) is 33.7 Å². The highest BCUT2D eigenvalue weighted by atomic mass is 35.5. The predicted molar refractivity (Wildman–Crippen MR) is 103 cm³/mol. The second-order valence-corrected chi connectivity index (χ2v) is 7.34. The van der Waals surface area contributed by atoms with E-state index in [1.54, 1.807) is 0 Å². The molecule has 3 N–H and O–H groups in total. The minimum Gasteiger partial charge on any atom is -0.346 e. The fourth-order valence-electron chi connectivity index (χ4n) is 3.08. The maximum absolute atomic E-state index is 6.06. The van der Waals surface area contributed by atoms with E-state index in [9.17, 15) is 0 Å². The molecular formula is C21H31ClN2+2. The van der Waals surface area contributed by atoms with Crippen LogP contribution >= 0.6 is 11.6 Å². The quantitative estimate of drug-likeness (QED) is 0.615. The average Bonchev–Trinajstić information content (AvgIpc) is 2.58. The highest BCUT2D eigenvalue weighted by Crippen LogP contribution is 2.25. The summed E-state index contributed by atoms with van der Waals surface area (Å²) in [5.74, 6) is 0.556. The van der Waals surface area contributed by atoms with E-state index in [4.69, 9.17) is 11.6 Å². The van der Waals surface area contributed by atoms with Crippen LogP contribution in [0.15, 0.2) is 54.6 Å². The number of rotatable bonds is 10. The highest BCUT2D eigenvalue weighted by molar-refractivity contribution is 6.30. The van der Waals surface area contributed by atoms with Crippen LogP contribution in [0.3, 0.4) is 0 Å². The zero-order valence-corrected chi connectivity index (χ0v) is 15.7. The average molecular weight is 347 g/mol. The Bertz CT molecular complexity index is 566. The standard InChI is InChI=1S/C21H29ClN2/c1-24(2)16-6-14-23-15-13-20(17-18-7-4-3-5-8-18)19-9-11-21(22)12-10-19/h3-5,7-12,20,23H,6,13-17H2,1-2H3/p+2/t20-/m0/s1. The molecule has 0 aliphatic rings. The Morgan fingerprint density at radius 1 is 0.958 bits per heavy atom. The van der Waals surface area contributed by atoms with Crippen LogP contribution in [0.2, 0.25) is 5.02 Å². The van der Waals surface area contributed by atoms with E-state index in [1.165, 1.54) is 48.5 Å². The van der Waals surface area contributed by atoms with Crippen LogP contribution in [-0.2, 0) is 6.42 Å². The summed E-state index contributed by atoms with van der Waals surface area (Å²) in [6, 6.07) is 19.2. The van der Waals surface area contributed by atoms with Crippen LogP contribution in [0.1, 0.15) is 29.9 Å². The third-order valence-electron chi connectivity index (χ3n) is 4.47. The second-order valence-electron chi connectivity index (χ2n) is 6.90. The number of benzene rings is 2. The monoisotopic (exact) mass is 346 g/mol. The van der Waals surface area contributed by atoms with Gasteiger partial charge in [0, 0.05) is 17.9 Å². The van der Waals surface area contributed by atoms with Gasteiger partial charge in [-0.1, -0.05) is 54.1 Å². The summed E-state index contributed by atoms with van der Waals surface area (Å²) in [6.45, 7) is 3.66. The van der Waals surface area contributed by atoms with E-state index in [-0.39, 0.29) is 0 Å². The normalized spacial score (nSPS) is 12.5. The zero-order chi connectivity index (χ0) is 17.2. The maximum Gasteiger partial charge on any atom is 0.0821 e. The predicted octanol–water partition coefficient (Wildman–Crippen LogP) is 2.15. The van der Waals surface area contributed by atoms with Crippen molar-refractivity contribution in [3.05, 3.63) is 70.7 Å². The zero-order valence-electron chi connectivity index (χ0n) is 15.0. The molecule has 0 fully saturated rings. The molecule has 0 bridgehead atoms. The van der Waals surface area contributed by atoms with Crippen LogP contribution in [0.25, 0.3) is 0 Å². The lowest BCUT2D eigenvalue weighted by Gasteiger charge is -2.17. The maximum atomic E-state index is 6.06. The minimum absolute atomic E-state index is 0.556. The Morgan fingerprint density at radius 3 is 2.33 bits per heavy atom. The largest absolute Gasteiger partial charge is 0.346 e. The van der Waals surface area contributed by atoms with Gasteiger partial charge in [-0.3, -0.25) is 0 Å². The number of nitrogens with two attached hydrogens (primary N) is 1. The molecule has 1 atom stereocenters. The fraction of sp³-hybridized carbons (Fsp3) is 0.429. The first-order valence-electron chi connectivity index (χ1n) is 9.05. The molecule has 0 saturated carbocycles. The van der Waals surface area contributed by atoms with Gasteiger partial charge in [-0.25, -0.2) is 0 Å². The number of quaternary nitrogens is 2. The van der Waals surface area contributed by atoms with Gasteiger partial charge in [-0.15, -0.1) is 0 Å². The number of hydrogen-bond acceptors (Lipinski definition) is 0. The molecule has 0 spiro atoms. The molecule has 2 aromatic carbocycles. The van der Waals surface area contributed by atoms with Crippen molar-refractivity contribution in [1.82, 2.24) is 0 Å². The fourth-order valence-corrected chi connectivity index (χ4v) is 3.21. The molecule has 0 amide bonds. The van der Waals surface area contributed by atoms with Gasteiger partial charge < -0.3 is 10.2 Å². The van der Waals surface area contributed by atoms with Gasteiger partial charge >= 0.3 is 0 Å². The Morgan fingerprint density at radius 2 is 1.67 bits per heavy atom. The summed E-state index contributed by atoms with van der Waals surface area (Å²) in [4.78, 5) is 1.53. The van der Waals surface area contributed by atoms with Gasteiger partial charge in [-0.2, -0.15) is 0 Å². The second kappa shape index (κ2) is 10.5. The summed E-state index contributed by atoms with van der Waals surface area (Å²) in [5, 5.41) is 3.28. The summed E-state index contributed by atoms with van der Waals surface area (Å²) in [7, 11) is 4.44. The molecule has 0 heterocycles. The third-order valence-corrected chi connectivity index (χ3v) is 4.72. The number of halogens is 1. The Hall–Kier alpha value is -1.35. The highest BCUT2D eigenvalue weighted by Gasteiger charge is 2.13. The van der Waals surface area contributed by atoms with Crippen LogP contribution in [-0.4, -0.2) is 33.7 Å². The van der Waals surface area contributed by atoms with Gasteiger partial charge in [0.1, 0.15) is 0 Å². The third kappa shape index (κ3) is 7.04. The van der Waals surface area contributed by atoms with Gasteiger partial charge in [0.15, 0.2) is 0 Å². The molecule has 2 rings (SSSR count). The van der Waals surface area contributed by atoms with Crippen molar-refractivity contribution in [3.8, 4) is 0 Å². The minimum atomic E-state index is 0.556. The van der Waals surface area contributed by atoms with Gasteiger partial charge in [0.25, 0.3) is 0 Å². The first kappa shape index (κ1) is 19.0. The van der Waals surface area contributed by atoms with Crippen molar-refractivity contribution < 1.29 is 10.2 Å². The summed E-state index contributed by atoms with van der Waals surface area (Å²) in [6.07, 6.45) is 3.58. The number of hydrogen-bond donors (Lipinski definition) is 2. The summed E-state index contributed by atoms with van der Waals surface area (Å²) >= 11 is 6.06. The molecule has 3 heteroatoms. The molecular weight excluding hydrogens is 316 g/mol. The van der Waals surface area contributed by atoms with Crippen molar-refractivity contribution in [2.45, 2.75) is 25.2 Å². The molecule has 24 heavy (non-hydrogen) atoms. The topological polar surface area (TPSA) is 21.1 Å². The lowest BCUT2D eigenvalue weighted by molar-refractivity contribution is -0.860. The smallest absolute Gasteiger partial charge is 0.0821 e. The van der Waals surface area contributed by atoms with Crippen molar-refractivity contribution >= 4 is 11.6 Å². The Labute approximate surface area is 151 Å². The molecule has 0 aliphatic heterocycles. The summed E-state index contributed by atoms with van der Waals surface area (Å²) in [5.41, 5.74) is 2.81. The lowest BCUT2D eigenvalue weighted by atomic mass is 9.89. The molecule has 2 aromatic rings. The van der Waals surface area contributed by atoms with Crippen LogP contribution in [0, 0.1) is 0 Å². The van der Waals surface area contributed by atoms with Crippen molar-refractivity contribution in [2.24, 2.45) is 0 Å². The SMILES string of the molecule is C[NH+](C)CCC[NH2+]CC[C@@H](Cc1ccccc1)c1ccc(Cl)cc1. The molecule has 0 unspecified atom stereocenters. The van der Waals surface area contributed by atoms with Crippen LogP contribution < -0.4 is 10.2 Å². The first-order valence-corrected chi connectivity index (χ1v) is 9.43. The van der Waals surface area contributed by atoms with E-state index < -0.39 is 0 Å². The van der Waals surface area contributed by atoms with E-state index in [0.29, 0.717) is 5.92 Å². The molecule has 0 radical (unpaired) electrons. The van der Waals surface area contributed by atoms with Crippen molar-refractivity contribution in [3.63, 3.8) is 0 Å². The Kier molecular flexibility index (Phi) is 8.31. The van der Waals surface area contributed by atoms with E-state index >= 15 is 0 Å².